The molecular weight excluding hydrogens is 228 g/mol. The Morgan fingerprint density at radius 1 is 1.00 bits per heavy atom. The predicted octanol–water partition coefficient (Wildman–Crippen LogP) is 2.65. The summed E-state index contributed by atoms with van der Waals surface area (Å²) in [6, 6.07) is 16.3. The first kappa shape index (κ1) is 11.0. The van der Waals surface area contributed by atoms with Crippen LogP contribution in [0.2, 0.25) is 0 Å². The molecule has 1 atom stereocenters. The molecule has 0 bridgehead atoms. The first-order valence-electron chi connectivity index (χ1n) is 5.81. The molecule has 0 aromatic heterocycles. The highest BCUT2D eigenvalue weighted by Crippen LogP contribution is 2.20. The highest BCUT2D eigenvalue weighted by molar-refractivity contribution is 6.08. The van der Waals surface area contributed by atoms with E-state index in [0.29, 0.717) is 17.7 Å². The summed E-state index contributed by atoms with van der Waals surface area (Å²) in [6.07, 6.45) is -0.110. The zero-order chi connectivity index (χ0) is 12.4. The maximum atomic E-state index is 12.1. The van der Waals surface area contributed by atoms with Gasteiger partial charge in [-0.15, -0.1) is 0 Å². The predicted molar refractivity (Wildman–Crippen MR) is 66.7 cm³/mol. The smallest absolute Gasteiger partial charge is 0.223 e. The van der Waals surface area contributed by atoms with E-state index in [0.717, 1.165) is 5.75 Å². The minimum atomic E-state index is -0.110. The Bertz CT molecular complexity index is 542. The van der Waals surface area contributed by atoms with E-state index in [1.54, 1.807) is 24.3 Å². The van der Waals surface area contributed by atoms with Gasteiger partial charge in [-0.3, -0.25) is 4.79 Å². The number of hydrogen-bond acceptors (Lipinski definition) is 3. The van der Waals surface area contributed by atoms with E-state index in [1.807, 2.05) is 30.3 Å². The SMILES string of the molecule is O=C(c1ccccc1)c1ccc(OC2CO2)cc1. The van der Waals surface area contributed by atoms with Crippen LogP contribution < -0.4 is 4.74 Å². The fourth-order valence-electron chi connectivity index (χ4n) is 1.70. The second kappa shape index (κ2) is 4.63. The van der Waals surface area contributed by atoms with Crippen molar-refractivity contribution in [3.8, 4) is 5.75 Å². The first-order chi connectivity index (χ1) is 8.83. The lowest BCUT2D eigenvalue weighted by molar-refractivity contribution is 0.103. The molecule has 0 radical (unpaired) electrons. The molecule has 90 valence electrons. The first-order valence-corrected chi connectivity index (χ1v) is 5.81. The zero-order valence-electron chi connectivity index (χ0n) is 9.71. The van der Waals surface area contributed by atoms with Crippen molar-refractivity contribution in [2.24, 2.45) is 0 Å². The summed E-state index contributed by atoms with van der Waals surface area (Å²) in [7, 11) is 0. The van der Waals surface area contributed by atoms with Crippen LogP contribution in [0.5, 0.6) is 5.75 Å². The molecule has 0 amide bonds. The third-order valence-corrected chi connectivity index (χ3v) is 2.72. The Morgan fingerprint density at radius 2 is 1.61 bits per heavy atom. The second-order valence-electron chi connectivity index (χ2n) is 4.10. The van der Waals surface area contributed by atoms with Crippen LogP contribution in [0, 0.1) is 0 Å². The molecule has 1 saturated heterocycles. The summed E-state index contributed by atoms with van der Waals surface area (Å²) in [5.74, 6) is 0.743. The van der Waals surface area contributed by atoms with E-state index in [4.69, 9.17) is 9.47 Å². The third kappa shape index (κ3) is 2.41. The van der Waals surface area contributed by atoms with E-state index in [-0.39, 0.29) is 12.1 Å². The van der Waals surface area contributed by atoms with Gasteiger partial charge in [-0.05, 0) is 24.3 Å². The highest BCUT2D eigenvalue weighted by Gasteiger charge is 2.24. The van der Waals surface area contributed by atoms with E-state index in [9.17, 15) is 4.79 Å². The molecule has 1 heterocycles. The number of hydrogen-bond donors (Lipinski definition) is 0. The summed E-state index contributed by atoms with van der Waals surface area (Å²) < 4.78 is 10.4. The molecule has 1 unspecified atom stereocenters. The minimum absolute atomic E-state index is 0.0184. The van der Waals surface area contributed by atoms with Gasteiger partial charge < -0.3 is 9.47 Å². The molecule has 0 N–H and O–H groups in total. The van der Waals surface area contributed by atoms with Crippen molar-refractivity contribution < 1.29 is 14.3 Å². The van der Waals surface area contributed by atoms with E-state index >= 15 is 0 Å². The Balaban J connectivity index is 1.77. The molecule has 0 aliphatic carbocycles. The van der Waals surface area contributed by atoms with E-state index in [1.165, 1.54) is 0 Å². The fraction of sp³-hybridized carbons (Fsp3) is 0.133. The molecule has 2 aromatic rings. The van der Waals surface area contributed by atoms with Gasteiger partial charge in [0.05, 0.1) is 0 Å². The normalized spacial score (nSPS) is 17.2. The van der Waals surface area contributed by atoms with Gasteiger partial charge in [-0.2, -0.15) is 0 Å². The van der Waals surface area contributed by atoms with Gasteiger partial charge in [-0.1, -0.05) is 30.3 Å². The molecule has 0 spiro atoms. The van der Waals surface area contributed by atoms with Crippen LogP contribution in [0.15, 0.2) is 54.6 Å². The van der Waals surface area contributed by atoms with E-state index in [2.05, 4.69) is 0 Å². The second-order valence-corrected chi connectivity index (χ2v) is 4.10. The number of ether oxygens (including phenoxy) is 2. The third-order valence-electron chi connectivity index (χ3n) is 2.72. The van der Waals surface area contributed by atoms with Crippen molar-refractivity contribution in [3.63, 3.8) is 0 Å². The Hall–Kier alpha value is -2.13. The molecule has 1 aliphatic rings. The molecule has 1 aliphatic heterocycles. The topological polar surface area (TPSA) is 38.8 Å². The average Bonchev–Trinajstić information content (AvgIpc) is 3.24. The molecule has 3 rings (SSSR count). The lowest BCUT2D eigenvalue weighted by Crippen LogP contribution is -2.02. The van der Waals surface area contributed by atoms with Crippen molar-refractivity contribution >= 4 is 5.78 Å². The van der Waals surface area contributed by atoms with Crippen molar-refractivity contribution in [1.82, 2.24) is 0 Å². The summed E-state index contributed by atoms with van der Waals surface area (Å²) in [6.45, 7) is 0.644. The maximum Gasteiger partial charge on any atom is 0.223 e. The number of ketones is 1. The molecular formula is C15H12O3. The van der Waals surface area contributed by atoms with Gasteiger partial charge in [0.2, 0.25) is 6.29 Å². The van der Waals surface area contributed by atoms with Crippen LogP contribution in [-0.2, 0) is 4.74 Å². The Morgan fingerprint density at radius 3 is 2.22 bits per heavy atom. The summed E-state index contributed by atoms with van der Waals surface area (Å²) in [5.41, 5.74) is 1.35. The molecule has 2 aromatic carbocycles. The van der Waals surface area contributed by atoms with Crippen LogP contribution in [0.25, 0.3) is 0 Å². The summed E-state index contributed by atoms with van der Waals surface area (Å²) >= 11 is 0. The van der Waals surface area contributed by atoms with Gasteiger partial charge in [0.15, 0.2) is 5.78 Å². The number of carbonyl (C=O) groups is 1. The molecule has 0 saturated carbocycles. The van der Waals surface area contributed by atoms with Crippen molar-refractivity contribution in [2.75, 3.05) is 6.61 Å². The van der Waals surface area contributed by atoms with Crippen molar-refractivity contribution in [3.05, 3.63) is 65.7 Å². The van der Waals surface area contributed by atoms with Crippen LogP contribution in [0.3, 0.4) is 0 Å². The number of carbonyl (C=O) groups excluding carboxylic acids is 1. The van der Waals surface area contributed by atoms with Gasteiger partial charge in [0.1, 0.15) is 12.4 Å². The summed E-state index contributed by atoms with van der Waals surface area (Å²) in [4.78, 5) is 12.1. The monoisotopic (exact) mass is 240 g/mol. The van der Waals surface area contributed by atoms with Crippen LogP contribution in [0.1, 0.15) is 15.9 Å². The molecule has 3 nitrogen and oxygen atoms in total. The lowest BCUT2D eigenvalue weighted by atomic mass is 10.0. The number of epoxide rings is 1. The van der Waals surface area contributed by atoms with Gasteiger partial charge >= 0.3 is 0 Å². The number of rotatable bonds is 4. The summed E-state index contributed by atoms with van der Waals surface area (Å²) in [5, 5.41) is 0. The maximum absolute atomic E-state index is 12.1. The van der Waals surface area contributed by atoms with Crippen LogP contribution in [-0.4, -0.2) is 18.7 Å². The lowest BCUT2D eigenvalue weighted by Gasteiger charge is -2.04. The molecule has 18 heavy (non-hydrogen) atoms. The minimum Gasteiger partial charge on any atom is -0.462 e. The molecule has 3 heteroatoms. The largest absolute Gasteiger partial charge is 0.462 e. The van der Waals surface area contributed by atoms with Crippen molar-refractivity contribution in [2.45, 2.75) is 6.29 Å². The standard InChI is InChI=1S/C15H12O3/c16-15(11-4-2-1-3-5-11)12-6-8-13(9-7-12)18-14-10-17-14/h1-9,14H,10H2. The van der Waals surface area contributed by atoms with E-state index < -0.39 is 0 Å². The molecule has 1 fully saturated rings. The number of benzene rings is 2. The highest BCUT2D eigenvalue weighted by atomic mass is 16.8. The quantitative estimate of drug-likeness (QED) is 0.609. The van der Waals surface area contributed by atoms with Gasteiger partial charge in [0, 0.05) is 11.1 Å². The van der Waals surface area contributed by atoms with Crippen LogP contribution >= 0.6 is 0 Å². The zero-order valence-corrected chi connectivity index (χ0v) is 9.71. The van der Waals surface area contributed by atoms with Crippen LogP contribution in [0.4, 0.5) is 0 Å². The Kier molecular flexibility index (Phi) is 2.82. The fourth-order valence-corrected chi connectivity index (χ4v) is 1.70. The van der Waals surface area contributed by atoms with Gasteiger partial charge in [-0.25, -0.2) is 0 Å². The average molecular weight is 240 g/mol. The van der Waals surface area contributed by atoms with Crippen molar-refractivity contribution in [1.29, 1.82) is 0 Å². The van der Waals surface area contributed by atoms with Gasteiger partial charge in [0.25, 0.3) is 0 Å². The Labute approximate surface area is 105 Å².